The quantitative estimate of drug-likeness (QED) is 0.263. The van der Waals surface area contributed by atoms with Crippen molar-refractivity contribution in [2.45, 2.75) is 92.9 Å². The molecule has 0 amide bonds. The van der Waals surface area contributed by atoms with Crippen molar-refractivity contribution in [3.05, 3.63) is 58.2 Å². The predicted octanol–water partition coefficient (Wildman–Crippen LogP) is 7.94. The molecule has 0 radical (unpaired) electrons. The maximum atomic E-state index is 10.6. The Kier molecular flexibility index (Phi) is 14.2. The van der Waals surface area contributed by atoms with E-state index < -0.39 is 5.97 Å². The number of aliphatic carboxylic acids is 1. The van der Waals surface area contributed by atoms with Crippen LogP contribution in [0.2, 0.25) is 0 Å². The minimum Gasteiger partial charge on any atom is -0.478 e. The smallest absolute Gasteiger partial charge is 0.328 e. The molecule has 2 heteroatoms. The zero-order valence-electron chi connectivity index (χ0n) is 18.4. The Labute approximate surface area is 167 Å². The summed E-state index contributed by atoms with van der Waals surface area (Å²) in [6.07, 6.45) is 19.1. The summed E-state index contributed by atoms with van der Waals surface area (Å²) in [4.78, 5) is 10.6. The first kappa shape index (κ1) is 25.2. The van der Waals surface area contributed by atoms with Gasteiger partial charge in [0.15, 0.2) is 0 Å². The van der Waals surface area contributed by atoms with Gasteiger partial charge in [-0.15, -0.1) is 0 Å². The lowest BCUT2D eigenvalue weighted by Gasteiger charge is -2.03. The van der Waals surface area contributed by atoms with Crippen molar-refractivity contribution in [2.24, 2.45) is 0 Å². The maximum absolute atomic E-state index is 10.6. The monoisotopic (exact) mass is 372 g/mol. The summed E-state index contributed by atoms with van der Waals surface area (Å²) in [7, 11) is 0. The standard InChI is InChI=1S/C25H40O2/c1-20(2)11-7-12-21(3)13-8-14-22(4)15-9-16-23(5)17-10-18-24(6)19-25(26)27/h11,13,15,17,19H,7-10,12,14,16,18H2,1-6H3,(H,26,27). The molecule has 0 atom stereocenters. The van der Waals surface area contributed by atoms with E-state index in [0.717, 1.165) is 50.5 Å². The fourth-order valence-electron chi connectivity index (χ4n) is 2.82. The molecule has 0 saturated carbocycles. The minimum atomic E-state index is -0.855. The van der Waals surface area contributed by atoms with E-state index in [9.17, 15) is 4.79 Å². The van der Waals surface area contributed by atoms with Crippen molar-refractivity contribution in [1.29, 1.82) is 0 Å². The molecule has 2 nitrogen and oxygen atoms in total. The molecule has 27 heavy (non-hydrogen) atoms. The normalized spacial score (nSPS) is 13.7. The number of rotatable bonds is 13. The van der Waals surface area contributed by atoms with Crippen molar-refractivity contribution in [1.82, 2.24) is 0 Å². The molecule has 0 aromatic heterocycles. The summed E-state index contributed by atoms with van der Waals surface area (Å²) < 4.78 is 0. The third kappa shape index (κ3) is 17.3. The highest BCUT2D eigenvalue weighted by Crippen LogP contribution is 2.14. The Bertz CT molecular complexity index is 594. The van der Waals surface area contributed by atoms with Gasteiger partial charge in [0.05, 0.1) is 0 Å². The van der Waals surface area contributed by atoms with Crippen LogP contribution in [0.4, 0.5) is 0 Å². The third-order valence-electron chi connectivity index (χ3n) is 4.56. The Hall–Kier alpha value is -1.83. The van der Waals surface area contributed by atoms with E-state index >= 15 is 0 Å². The average Bonchev–Trinajstić information content (AvgIpc) is 2.53. The second-order valence-corrected chi connectivity index (χ2v) is 7.92. The van der Waals surface area contributed by atoms with Crippen LogP contribution in [0.1, 0.15) is 92.9 Å². The van der Waals surface area contributed by atoms with Crippen LogP contribution in [-0.2, 0) is 4.79 Å². The highest BCUT2D eigenvalue weighted by atomic mass is 16.4. The Morgan fingerprint density at radius 3 is 1.26 bits per heavy atom. The van der Waals surface area contributed by atoms with E-state index in [4.69, 9.17) is 5.11 Å². The molecular formula is C25H40O2. The highest BCUT2D eigenvalue weighted by Gasteiger charge is 1.96. The molecule has 0 aliphatic heterocycles. The van der Waals surface area contributed by atoms with Crippen molar-refractivity contribution < 1.29 is 9.90 Å². The van der Waals surface area contributed by atoms with Crippen LogP contribution < -0.4 is 0 Å². The molecule has 0 rings (SSSR count). The van der Waals surface area contributed by atoms with Crippen LogP contribution in [0.25, 0.3) is 0 Å². The van der Waals surface area contributed by atoms with Crippen molar-refractivity contribution in [2.75, 3.05) is 0 Å². The second-order valence-electron chi connectivity index (χ2n) is 7.92. The van der Waals surface area contributed by atoms with Gasteiger partial charge in [0.2, 0.25) is 0 Å². The van der Waals surface area contributed by atoms with E-state index in [2.05, 4.69) is 58.9 Å². The molecule has 0 aromatic rings. The zero-order valence-corrected chi connectivity index (χ0v) is 18.4. The maximum Gasteiger partial charge on any atom is 0.328 e. The SMILES string of the molecule is CC(C)=CCCC(C)=CCCC(C)=CCCC(C)=CCCC(C)=CC(=O)O. The van der Waals surface area contributed by atoms with Crippen LogP contribution in [0, 0.1) is 0 Å². The summed E-state index contributed by atoms with van der Waals surface area (Å²) in [6.45, 7) is 12.8. The van der Waals surface area contributed by atoms with Gasteiger partial charge in [-0.2, -0.15) is 0 Å². The number of hydrogen-bond acceptors (Lipinski definition) is 1. The van der Waals surface area contributed by atoms with E-state index in [1.165, 1.54) is 34.8 Å². The van der Waals surface area contributed by atoms with Gasteiger partial charge in [0.1, 0.15) is 0 Å². The molecule has 0 unspecified atom stereocenters. The fraction of sp³-hybridized carbons (Fsp3) is 0.560. The molecule has 152 valence electrons. The van der Waals surface area contributed by atoms with Crippen LogP contribution in [0.3, 0.4) is 0 Å². The second kappa shape index (κ2) is 15.2. The average molecular weight is 373 g/mol. The van der Waals surface area contributed by atoms with Crippen LogP contribution in [-0.4, -0.2) is 11.1 Å². The summed E-state index contributed by atoms with van der Waals surface area (Å²) in [5.74, 6) is -0.855. The van der Waals surface area contributed by atoms with Crippen LogP contribution in [0.15, 0.2) is 58.2 Å². The van der Waals surface area contributed by atoms with Crippen LogP contribution in [0.5, 0.6) is 0 Å². The molecule has 0 saturated heterocycles. The number of allylic oxidation sites excluding steroid dienone is 9. The summed E-state index contributed by atoms with van der Waals surface area (Å²) in [6, 6.07) is 0. The molecule has 0 bridgehead atoms. The van der Waals surface area contributed by atoms with Gasteiger partial charge in [-0.1, -0.05) is 52.2 Å². The molecule has 0 aromatic carbocycles. The van der Waals surface area contributed by atoms with E-state index in [1.807, 2.05) is 6.92 Å². The first-order valence-electron chi connectivity index (χ1n) is 10.2. The molecule has 0 aliphatic carbocycles. The highest BCUT2D eigenvalue weighted by molar-refractivity contribution is 5.80. The number of hydrogen-bond donors (Lipinski definition) is 1. The van der Waals surface area contributed by atoms with Gasteiger partial charge in [-0.05, 0) is 92.9 Å². The first-order chi connectivity index (χ1) is 12.7. The van der Waals surface area contributed by atoms with Gasteiger partial charge in [-0.3, -0.25) is 0 Å². The lowest BCUT2D eigenvalue weighted by Crippen LogP contribution is -1.89. The molecule has 0 fully saturated rings. The predicted molar refractivity (Wildman–Crippen MR) is 119 cm³/mol. The van der Waals surface area contributed by atoms with Gasteiger partial charge in [0, 0.05) is 6.08 Å². The largest absolute Gasteiger partial charge is 0.478 e. The molecule has 0 aliphatic rings. The van der Waals surface area contributed by atoms with Crippen molar-refractivity contribution in [3.63, 3.8) is 0 Å². The van der Waals surface area contributed by atoms with Gasteiger partial charge < -0.3 is 5.11 Å². The van der Waals surface area contributed by atoms with Gasteiger partial charge in [-0.25, -0.2) is 4.79 Å². The van der Waals surface area contributed by atoms with Crippen LogP contribution >= 0.6 is 0 Å². The topological polar surface area (TPSA) is 37.3 Å². The van der Waals surface area contributed by atoms with Crippen molar-refractivity contribution >= 4 is 5.97 Å². The Morgan fingerprint density at radius 2 is 0.926 bits per heavy atom. The van der Waals surface area contributed by atoms with Gasteiger partial charge >= 0.3 is 5.97 Å². The first-order valence-corrected chi connectivity index (χ1v) is 10.2. The fourth-order valence-corrected chi connectivity index (χ4v) is 2.82. The lowest BCUT2D eigenvalue weighted by atomic mass is 10.0. The number of carboxylic acids is 1. The summed E-state index contributed by atoms with van der Waals surface area (Å²) in [5.41, 5.74) is 6.67. The van der Waals surface area contributed by atoms with Crippen molar-refractivity contribution in [3.8, 4) is 0 Å². The molecule has 0 spiro atoms. The lowest BCUT2D eigenvalue weighted by molar-refractivity contribution is -0.131. The van der Waals surface area contributed by atoms with Gasteiger partial charge in [0.25, 0.3) is 0 Å². The minimum absolute atomic E-state index is 0.817. The Balaban J connectivity index is 4.08. The number of carbonyl (C=O) groups is 1. The van der Waals surface area contributed by atoms with E-state index in [0.29, 0.717) is 0 Å². The Morgan fingerprint density at radius 1 is 0.593 bits per heavy atom. The molecule has 1 N–H and O–H groups in total. The van der Waals surface area contributed by atoms with E-state index in [1.54, 1.807) is 0 Å². The third-order valence-corrected chi connectivity index (χ3v) is 4.56. The number of carboxylic acid groups (broad SMARTS) is 1. The molecule has 0 heterocycles. The van der Waals surface area contributed by atoms with E-state index in [-0.39, 0.29) is 0 Å². The summed E-state index contributed by atoms with van der Waals surface area (Å²) >= 11 is 0. The zero-order chi connectivity index (χ0) is 20.7. The molecular weight excluding hydrogens is 332 g/mol. The summed E-state index contributed by atoms with van der Waals surface area (Å²) in [5, 5.41) is 8.71.